The molecule has 104 valence electrons. The number of aliphatic hydroxyl groups is 1. The minimum absolute atomic E-state index is 0.153. The number of benzene rings is 1. The van der Waals surface area contributed by atoms with Crippen LogP contribution in [0.25, 0.3) is 0 Å². The molecule has 0 heterocycles. The quantitative estimate of drug-likeness (QED) is 0.876. The third-order valence-electron chi connectivity index (χ3n) is 4.00. The van der Waals surface area contributed by atoms with Crippen LogP contribution in [0.5, 0.6) is 0 Å². The van der Waals surface area contributed by atoms with E-state index in [1.165, 1.54) is 12.1 Å². The second-order valence-electron chi connectivity index (χ2n) is 5.89. The van der Waals surface area contributed by atoms with Crippen LogP contribution in [0.15, 0.2) is 24.3 Å². The van der Waals surface area contributed by atoms with Crippen molar-refractivity contribution in [2.75, 3.05) is 6.54 Å². The van der Waals surface area contributed by atoms with E-state index in [2.05, 4.69) is 5.32 Å². The lowest BCUT2D eigenvalue weighted by Gasteiger charge is -2.37. The Morgan fingerprint density at radius 2 is 1.95 bits per heavy atom. The molecule has 0 aromatic heterocycles. The second kappa shape index (κ2) is 4.93. The van der Waals surface area contributed by atoms with E-state index < -0.39 is 11.0 Å². The Kier molecular flexibility index (Phi) is 3.63. The van der Waals surface area contributed by atoms with E-state index in [0.29, 0.717) is 0 Å². The van der Waals surface area contributed by atoms with E-state index in [1.54, 1.807) is 26.0 Å². The minimum atomic E-state index is -0.742. The third kappa shape index (κ3) is 2.95. The first-order valence-electron chi connectivity index (χ1n) is 6.60. The summed E-state index contributed by atoms with van der Waals surface area (Å²) in [4.78, 5) is 12.2. The average Bonchev–Trinajstić information content (AvgIpc) is 2.34. The summed E-state index contributed by atoms with van der Waals surface area (Å²) in [6, 6.07) is 5.94. The number of carbonyl (C=O) groups is 1. The Hall–Kier alpha value is -1.42. The van der Waals surface area contributed by atoms with Gasteiger partial charge < -0.3 is 10.4 Å². The summed E-state index contributed by atoms with van der Waals surface area (Å²) in [7, 11) is 0. The molecule has 3 nitrogen and oxygen atoms in total. The fraction of sp³-hybridized carbons (Fsp3) is 0.533. The predicted octanol–water partition coefficient (Wildman–Crippen LogP) is 2.13. The number of nitrogens with one attached hydrogen (secondary N) is 1. The molecule has 2 N–H and O–H groups in total. The van der Waals surface area contributed by atoms with Gasteiger partial charge in [0.25, 0.3) is 0 Å². The van der Waals surface area contributed by atoms with Gasteiger partial charge in [-0.1, -0.05) is 12.1 Å². The monoisotopic (exact) mass is 265 g/mol. The minimum Gasteiger partial charge on any atom is -0.388 e. The predicted molar refractivity (Wildman–Crippen MR) is 71.2 cm³/mol. The summed E-state index contributed by atoms with van der Waals surface area (Å²) in [5.41, 5.74) is -0.713. The van der Waals surface area contributed by atoms with Gasteiger partial charge in [0, 0.05) is 6.54 Å². The first-order chi connectivity index (χ1) is 8.83. The van der Waals surface area contributed by atoms with E-state index in [-0.39, 0.29) is 18.3 Å². The first-order valence-corrected chi connectivity index (χ1v) is 6.60. The SMILES string of the molecule is CC(C)(C(=O)NCC1(O)CCC1)c1ccc(F)cc1. The van der Waals surface area contributed by atoms with Crippen molar-refractivity contribution in [1.82, 2.24) is 5.32 Å². The van der Waals surface area contributed by atoms with Crippen LogP contribution in [-0.4, -0.2) is 23.2 Å². The van der Waals surface area contributed by atoms with Crippen molar-refractivity contribution in [2.24, 2.45) is 0 Å². The van der Waals surface area contributed by atoms with E-state index in [0.717, 1.165) is 24.8 Å². The maximum absolute atomic E-state index is 12.9. The molecule has 1 aliphatic carbocycles. The smallest absolute Gasteiger partial charge is 0.230 e. The lowest BCUT2D eigenvalue weighted by molar-refractivity contribution is -0.128. The molecule has 0 radical (unpaired) electrons. The highest BCUT2D eigenvalue weighted by Crippen LogP contribution is 2.31. The molecule has 0 saturated heterocycles. The number of halogens is 1. The molecular weight excluding hydrogens is 245 g/mol. The lowest BCUT2D eigenvalue weighted by atomic mass is 9.79. The maximum atomic E-state index is 12.9. The van der Waals surface area contributed by atoms with Gasteiger partial charge in [0.05, 0.1) is 11.0 Å². The molecule has 0 atom stereocenters. The van der Waals surface area contributed by atoms with Crippen LogP contribution in [0.3, 0.4) is 0 Å². The van der Waals surface area contributed by atoms with E-state index in [9.17, 15) is 14.3 Å². The zero-order valence-corrected chi connectivity index (χ0v) is 11.4. The van der Waals surface area contributed by atoms with Crippen molar-refractivity contribution in [3.05, 3.63) is 35.6 Å². The molecular formula is C15H20FNO2. The first kappa shape index (κ1) is 14.0. The van der Waals surface area contributed by atoms with Crippen molar-refractivity contribution in [1.29, 1.82) is 0 Å². The molecule has 1 amide bonds. The Labute approximate surface area is 112 Å². The van der Waals surface area contributed by atoms with Crippen molar-refractivity contribution in [3.8, 4) is 0 Å². The number of carbonyl (C=O) groups excluding carboxylic acids is 1. The van der Waals surface area contributed by atoms with Gasteiger partial charge in [-0.05, 0) is 50.8 Å². The maximum Gasteiger partial charge on any atom is 0.230 e. The Bertz CT molecular complexity index is 464. The number of hydrogen-bond donors (Lipinski definition) is 2. The van der Waals surface area contributed by atoms with Crippen LogP contribution in [0.2, 0.25) is 0 Å². The second-order valence-corrected chi connectivity index (χ2v) is 5.89. The highest BCUT2D eigenvalue weighted by molar-refractivity contribution is 5.87. The van der Waals surface area contributed by atoms with Gasteiger partial charge in [-0.25, -0.2) is 4.39 Å². The van der Waals surface area contributed by atoms with Crippen molar-refractivity contribution in [3.63, 3.8) is 0 Å². The number of hydrogen-bond acceptors (Lipinski definition) is 2. The summed E-state index contributed by atoms with van der Waals surface area (Å²) in [5, 5.41) is 12.8. The molecule has 0 aliphatic heterocycles. The molecule has 19 heavy (non-hydrogen) atoms. The molecule has 1 aromatic rings. The van der Waals surface area contributed by atoms with Gasteiger partial charge in [-0.2, -0.15) is 0 Å². The highest BCUT2D eigenvalue weighted by atomic mass is 19.1. The van der Waals surface area contributed by atoms with Crippen LogP contribution in [0.4, 0.5) is 4.39 Å². The standard InChI is InChI=1S/C15H20FNO2/c1-14(2,11-4-6-12(16)7-5-11)13(18)17-10-15(19)8-3-9-15/h4-7,19H,3,8-10H2,1-2H3,(H,17,18). The van der Waals surface area contributed by atoms with Gasteiger partial charge in [0.2, 0.25) is 5.91 Å². The van der Waals surface area contributed by atoms with Crippen molar-refractivity contribution < 1.29 is 14.3 Å². The molecule has 0 unspecified atom stereocenters. The fourth-order valence-electron chi connectivity index (χ4n) is 2.23. The third-order valence-corrected chi connectivity index (χ3v) is 4.00. The van der Waals surface area contributed by atoms with Gasteiger partial charge in [0.15, 0.2) is 0 Å². The molecule has 1 saturated carbocycles. The average molecular weight is 265 g/mol. The Morgan fingerprint density at radius 3 is 2.42 bits per heavy atom. The molecule has 1 aliphatic rings. The molecule has 1 aromatic carbocycles. The van der Waals surface area contributed by atoms with Crippen molar-refractivity contribution in [2.45, 2.75) is 44.1 Å². The van der Waals surface area contributed by atoms with Crippen LogP contribution >= 0.6 is 0 Å². The van der Waals surface area contributed by atoms with Crippen LogP contribution < -0.4 is 5.32 Å². The van der Waals surface area contributed by atoms with Gasteiger partial charge in [0.1, 0.15) is 5.82 Å². The van der Waals surface area contributed by atoms with E-state index >= 15 is 0 Å². The molecule has 0 spiro atoms. The zero-order valence-electron chi connectivity index (χ0n) is 11.4. The van der Waals surface area contributed by atoms with Crippen LogP contribution in [0, 0.1) is 5.82 Å². The van der Waals surface area contributed by atoms with E-state index in [1.807, 2.05) is 0 Å². The molecule has 0 bridgehead atoms. The summed E-state index contributed by atoms with van der Waals surface area (Å²) < 4.78 is 12.9. The largest absolute Gasteiger partial charge is 0.388 e. The van der Waals surface area contributed by atoms with E-state index in [4.69, 9.17) is 0 Å². The van der Waals surface area contributed by atoms with Gasteiger partial charge >= 0.3 is 0 Å². The Morgan fingerprint density at radius 1 is 1.37 bits per heavy atom. The normalized spacial score (nSPS) is 17.7. The summed E-state index contributed by atoms with van der Waals surface area (Å²) >= 11 is 0. The number of rotatable bonds is 4. The summed E-state index contributed by atoms with van der Waals surface area (Å²) in [6.45, 7) is 3.87. The topological polar surface area (TPSA) is 49.3 Å². The Balaban J connectivity index is 2.01. The van der Waals surface area contributed by atoms with Gasteiger partial charge in [-0.3, -0.25) is 4.79 Å². The summed E-state index contributed by atoms with van der Waals surface area (Å²) in [5.74, 6) is -0.469. The molecule has 2 rings (SSSR count). The number of amides is 1. The molecule has 1 fully saturated rings. The van der Waals surface area contributed by atoms with Crippen LogP contribution in [-0.2, 0) is 10.2 Å². The highest BCUT2D eigenvalue weighted by Gasteiger charge is 2.37. The fourth-order valence-corrected chi connectivity index (χ4v) is 2.23. The van der Waals surface area contributed by atoms with Crippen molar-refractivity contribution >= 4 is 5.91 Å². The van der Waals surface area contributed by atoms with Gasteiger partial charge in [-0.15, -0.1) is 0 Å². The van der Waals surface area contributed by atoms with Crippen LogP contribution in [0.1, 0.15) is 38.7 Å². The lowest BCUT2D eigenvalue weighted by Crippen LogP contribution is -2.51. The zero-order chi connectivity index (χ0) is 14.1. The summed E-state index contributed by atoms with van der Waals surface area (Å²) in [6.07, 6.45) is 2.49. The molecule has 4 heteroatoms.